The van der Waals surface area contributed by atoms with Crippen molar-refractivity contribution >= 4 is 31.9 Å². The Hall–Kier alpha value is -0.880. The second-order valence-corrected chi connectivity index (χ2v) is 5.74. The van der Waals surface area contributed by atoms with Gasteiger partial charge in [-0.1, -0.05) is 37.1 Å². The van der Waals surface area contributed by atoms with Gasteiger partial charge in [-0.2, -0.15) is 0 Å². The third-order valence-corrected chi connectivity index (χ3v) is 3.95. The fourth-order valence-corrected chi connectivity index (χ4v) is 2.75. The van der Waals surface area contributed by atoms with Crippen LogP contribution in [0.5, 0.6) is 5.75 Å². The monoisotopic (exact) mass is 371 g/mol. The summed E-state index contributed by atoms with van der Waals surface area (Å²) in [6, 6.07) is 6.12. The minimum atomic E-state index is 0.138. The molecule has 1 aliphatic rings. The summed E-state index contributed by atoms with van der Waals surface area (Å²) >= 11 is 6.84. The van der Waals surface area contributed by atoms with Gasteiger partial charge in [-0.25, -0.2) is 4.68 Å². The molecule has 0 radical (unpaired) electrons. The molecular weight excluding hydrogens is 362 g/mol. The molecule has 0 amide bonds. The predicted octanol–water partition coefficient (Wildman–Crippen LogP) is 2.94. The van der Waals surface area contributed by atoms with E-state index in [0.29, 0.717) is 0 Å². The lowest BCUT2D eigenvalue weighted by Crippen LogP contribution is -2.21. The summed E-state index contributed by atoms with van der Waals surface area (Å²) in [6.45, 7) is 0.728. The number of fused-ring (bicyclic) bond motifs is 1. The van der Waals surface area contributed by atoms with E-state index in [4.69, 9.17) is 4.74 Å². The molecule has 1 aromatic carbocycles. The lowest BCUT2D eigenvalue weighted by molar-refractivity contribution is 0.202. The predicted molar refractivity (Wildman–Crippen MR) is 74.9 cm³/mol. The third-order valence-electron chi connectivity index (χ3n) is 2.88. The van der Waals surface area contributed by atoms with Crippen molar-refractivity contribution < 1.29 is 4.74 Å². The molecule has 1 aromatic heterocycles. The van der Waals surface area contributed by atoms with Crippen LogP contribution in [0.3, 0.4) is 0 Å². The number of ether oxygens (including phenoxy) is 1. The number of hydrogen-bond acceptors (Lipinski definition) is 3. The van der Waals surface area contributed by atoms with Gasteiger partial charge in [-0.15, -0.1) is 5.10 Å². The number of alkyl halides is 1. The van der Waals surface area contributed by atoms with Crippen LogP contribution in [0.1, 0.15) is 11.3 Å². The van der Waals surface area contributed by atoms with Crippen LogP contribution >= 0.6 is 31.9 Å². The molecule has 1 unspecified atom stereocenters. The molecule has 0 spiro atoms. The van der Waals surface area contributed by atoms with Crippen LogP contribution in [0, 0.1) is 0 Å². The highest BCUT2D eigenvalue weighted by Gasteiger charge is 2.23. The molecule has 0 saturated carbocycles. The van der Waals surface area contributed by atoms with Crippen LogP contribution in [0.4, 0.5) is 0 Å². The fraction of sp³-hybridized carbons (Fsp3) is 0.333. The summed E-state index contributed by atoms with van der Waals surface area (Å²) in [5.74, 6) is 0.976. The molecule has 1 atom stereocenters. The molecule has 4 nitrogen and oxygen atoms in total. The van der Waals surface area contributed by atoms with Gasteiger partial charge >= 0.3 is 0 Å². The number of benzene rings is 1. The van der Waals surface area contributed by atoms with Crippen molar-refractivity contribution in [1.82, 2.24) is 15.0 Å². The molecule has 18 heavy (non-hydrogen) atoms. The first-order chi connectivity index (χ1) is 8.74. The molecule has 94 valence electrons. The van der Waals surface area contributed by atoms with Gasteiger partial charge in [0.2, 0.25) is 0 Å². The standard InChI is InChI=1S/C12H11Br2N3O/c13-5-10-6-17(16-15-10)7-11-4-8-3-9(14)1-2-12(8)18-11/h1-3,6,11H,4-5,7H2. The van der Waals surface area contributed by atoms with E-state index in [2.05, 4.69) is 48.2 Å². The first-order valence-corrected chi connectivity index (χ1v) is 7.56. The van der Waals surface area contributed by atoms with Gasteiger partial charge in [0.15, 0.2) is 0 Å². The van der Waals surface area contributed by atoms with Crippen LogP contribution in [-0.4, -0.2) is 21.1 Å². The summed E-state index contributed by atoms with van der Waals surface area (Å²) < 4.78 is 8.81. The second-order valence-electron chi connectivity index (χ2n) is 4.26. The lowest BCUT2D eigenvalue weighted by atomic mass is 10.1. The third kappa shape index (κ3) is 2.44. The number of rotatable bonds is 3. The van der Waals surface area contributed by atoms with Gasteiger partial charge in [0.05, 0.1) is 12.2 Å². The summed E-state index contributed by atoms with van der Waals surface area (Å²) in [5, 5.41) is 8.85. The van der Waals surface area contributed by atoms with Crippen molar-refractivity contribution in [3.8, 4) is 5.75 Å². The highest BCUT2D eigenvalue weighted by atomic mass is 79.9. The topological polar surface area (TPSA) is 39.9 Å². The summed E-state index contributed by atoms with van der Waals surface area (Å²) in [7, 11) is 0. The van der Waals surface area contributed by atoms with Gasteiger partial charge in [0.1, 0.15) is 11.9 Å². The van der Waals surface area contributed by atoms with Gasteiger partial charge in [-0.3, -0.25) is 0 Å². The van der Waals surface area contributed by atoms with Crippen LogP contribution in [0.15, 0.2) is 28.9 Å². The molecule has 0 saturated heterocycles. The molecule has 2 heterocycles. The van der Waals surface area contributed by atoms with E-state index in [1.54, 1.807) is 0 Å². The Labute approximate surface area is 122 Å². The molecule has 3 rings (SSSR count). The first-order valence-electron chi connectivity index (χ1n) is 5.64. The van der Waals surface area contributed by atoms with Crippen LogP contribution < -0.4 is 4.74 Å². The van der Waals surface area contributed by atoms with Crippen LogP contribution in [0.2, 0.25) is 0 Å². The largest absolute Gasteiger partial charge is 0.488 e. The highest BCUT2D eigenvalue weighted by Crippen LogP contribution is 2.31. The number of hydrogen-bond donors (Lipinski definition) is 0. The van der Waals surface area contributed by atoms with Crippen molar-refractivity contribution in [2.24, 2.45) is 0 Å². The Morgan fingerprint density at radius 2 is 2.33 bits per heavy atom. The molecule has 0 N–H and O–H groups in total. The van der Waals surface area contributed by atoms with Gasteiger partial charge < -0.3 is 4.74 Å². The van der Waals surface area contributed by atoms with E-state index < -0.39 is 0 Å². The summed E-state index contributed by atoms with van der Waals surface area (Å²) in [4.78, 5) is 0. The molecule has 0 fully saturated rings. The van der Waals surface area contributed by atoms with E-state index >= 15 is 0 Å². The minimum Gasteiger partial charge on any atom is -0.488 e. The van der Waals surface area contributed by atoms with Crippen molar-refractivity contribution in [3.05, 3.63) is 40.1 Å². The smallest absolute Gasteiger partial charge is 0.123 e. The SMILES string of the molecule is BrCc1cn(CC2Cc3cc(Br)ccc3O2)nn1. The van der Waals surface area contributed by atoms with Crippen molar-refractivity contribution in [1.29, 1.82) is 0 Å². The zero-order chi connectivity index (χ0) is 12.5. The molecule has 0 bridgehead atoms. The highest BCUT2D eigenvalue weighted by molar-refractivity contribution is 9.10. The Morgan fingerprint density at radius 3 is 3.11 bits per heavy atom. The van der Waals surface area contributed by atoms with Gasteiger partial charge in [-0.05, 0) is 23.8 Å². The quantitative estimate of drug-likeness (QED) is 0.777. The Bertz CT molecular complexity index is 570. The average molecular weight is 373 g/mol. The average Bonchev–Trinajstić information content (AvgIpc) is 2.95. The van der Waals surface area contributed by atoms with Gasteiger partial charge in [0, 0.05) is 22.4 Å². The molecule has 2 aromatic rings. The summed E-state index contributed by atoms with van der Waals surface area (Å²) in [5.41, 5.74) is 2.18. The van der Waals surface area contributed by atoms with Gasteiger partial charge in [0.25, 0.3) is 0 Å². The zero-order valence-electron chi connectivity index (χ0n) is 9.51. The van der Waals surface area contributed by atoms with E-state index in [0.717, 1.165) is 34.2 Å². The molecule has 1 aliphatic heterocycles. The zero-order valence-corrected chi connectivity index (χ0v) is 12.7. The van der Waals surface area contributed by atoms with Crippen molar-refractivity contribution in [3.63, 3.8) is 0 Å². The minimum absolute atomic E-state index is 0.138. The Balaban J connectivity index is 1.70. The lowest BCUT2D eigenvalue weighted by Gasteiger charge is -2.09. The normalized spacial score (nSPS) is 17.6. The van der Waals surface area contributed by atoms with E-state index in [9.17, 15) is 0 Å². The molecule has 0 aliphatic carbocycles. The number of nitrogens with zero attached hydrogens (tertiary/aromatic N) is 3. The van der Waals surface area contributed by atoms with Crippen LogP contribution in [0.25, 0.3) is 0 Å². The second kappa shape index (κ2) is 5.01. The van der Waals surface area contributed by atoms with Crippen LogP contribution in [-0.2, 0) is 18.3 Å². The van der Waals surface area contributed by atoms with Crippen molar-refractivity contribution in [2.75, 3.05) is 0 Å². The van der Waals surface area contributed by atoms with E-state index in [1.165, 1.54) is 5.56 Å². The molecular formula is C12H11Br2N3O. The Kier molecular flexibility index (Phi) is 3.39. The maximum absolute atomic E-state index is 5.89. The van der Waals surface area contributed by atoms with E-state index in [-0.39, 0.29) is 6.10 Å². The fourth-order valence-electron chi connectivity index (χ4n) is 2.09. The Morgan fingerprint density at radius 1 is 1.44 bits per heavy atom. The van der Waals surface area contributed by atoms with Crippen molar-refractivity contribution in [2.45, 2.75) is 24.4 Å². The first kappa shape index (κ1) is 12.2. The number of halogens is 2. The summed E-state index contributed by atoms with van der Waals surface area (Å²) in [6.07, 6.45) is 2.99. The maximum Gasteiger partial charge on any atom is 0.123 e. The maximum atomic E-state index is 5.89. The molecule has 6 heteroatoms. The van der Waals surface area contributed by atoms with E-state index in [1.807, 2.05) is 23.0 Å². The number of aromatic nitrogens is 3.